The van der Waals surface area contributed by atoms with Gasteiger partial charge in [0.2, 0.25) is 0 Å². The summed E-state index contributed by atoms with van der Waals surface area (Å²) in [5, 5.41) is 9.11. The number of hydrogen-bond donors (Lipinski definition) is 1. The summed E-state index contributed by atoms with van der Waals surface area (Å²) < 4.78 is 5.30. The number of carboxylic acid groups (broad SMARTS) is 1. The van der Waals surface area contributed by atoms with Crippen LogP contribution in [0.2, 0.25) is 0 Å². The molecule has 268 valence electrons. The highest BCUT2D eigenvalue weighted by Crippen LogP contribution is 2.22. The highest BCUT2D eigenvalue weighted by Gasteiger charge is 2.23. The zero-order valence-electron chi connectivity index (χ0n) is 30.4. The van der Waals surface area contributed by atoms with Crippen LogP contribution in [0.3, 0.4) is 0 Å². The highest BCUT2D eigenvalue weighted by atomic mass is 16.6. The summed E-state index contributed by atoms with van der Waals surface area (Å²) in [6.45, 7) is 4.52. The van der Waals surface area contributed by atoms with Gasteiger partial charge in [-0.25, -0.2) is 9.59 Å². The van der Waals surface area contributed by atoms with Crippen molar-refractivity contribution >= 4 is 17.9 Å². The van der Waals surface area contributed by atoms with E-state index in [1.54, 1.807) is 0 Å². The van der Waals surface area contributed by atoms with Crippen molar-refractivity contribution in [1.29, 1.82) is 0 Å². The Bertz CT molecular complexity index is 935. The van der Waals surface area contributed by atoms with Crippen LogP contribution < -0.4 is 0 Å². The minimum absolute atomic E-state index is 0.0943. The molecule has 0 saturated heterocycles. The van der Waals surface area contributed by atoms with Crippen LogP contribution in [0.4, 0.5) is 0 Å². The summed E-state index contributed by atoms with van der Waals surface area (Å²) >= 11 is 0. The van der Waals surface area contributed by atoms with E-state index in [0.717, 1.165) is 51.4 Å². The molecule has 0 amide bonds. The number of aromatic carboxylic acids is 1. The quantitative estimate of drug-likeness (QED) is 0.0362. The number of rotatable bonds is 32. The van der Waals surface area contributed by atoms with E-state index in [9.17, 15) is 14.4 Å². The predicted octanol–water partition coefficient (Wildman–Crippen LogP) is 13.2. The molecule has 0 fully saturated rings. The molecule has 5 heteroatoms. The van der Waals surface area contributed by atoms with Gasteiger partial charge in [0.1, 0.15) is 0 Å². The second-order valence-electron chi connectivity index (χ2n) is 13.7. The monoisotopic (exact) mass is 655 g/mol. The largest absolute Gasteiger partial charge is 0.478 e. The van der Waals surface area contributed by atoms with Crippen molar-refractivity contribution < 1.29 is 24.2 Å². The Kier molecular flexibility index (Phi) is 28.0. The SMILES string of the molecule is CCCCCCCCC=CCCCCCCC(CCCCCCCCCCCCCCCC)C(=O)OC(=O)c1ccc(C(=O)O)cc1. The number of hydrogen-bond acceptors (Lipinski definition) is 4. The number of ether oxygens (including phenoxy) is 1. The molecule has 0 aliphatic heterocycles. The maximum absolute atomic E-state index is 13.1. The second kappa shape index (κ2) is 30.9. The fraction of sp³-hybridized carbons (Fsp3) is 0.738. The first-order chi connectivity index (χ1) is 23.0. The van der Waals surface area contributed by atoms with Crippen molar-refractivity contribution in [2.75, 3.05) is 0 Å². The Morgan fingerprint density at radius 2 is 0.872 bits per heavy atom. The van der Waals surface area contributed by atoms with Gasteiger partial charge in [0.05, 0.1) is 17.0 Å². The lowest BCUT2D eigenvalue weighted by atomic mass is 9.94. The fourth-order valence-corrected chi connectivity index (χ4v) is 6.23. The van der Waals surface area contributed by atoms with Gasteiger partial charge in [-0.05, 0) is 62.8 Å². The van der Waals surface area contributed by atoms with Crippen molar-refractivity contribution in [2.24, 2.45) is 5.92 Å². The molecule has 1 aromatic rings. The van der Waals surface area contributed by atoms with Crippen LogP contribution in [0.5, 0.6) is 0 Å². The van der Waals surface area contributed by atoms with E-state index in [4.69, 9.17) is 9.84 Å². The number of allylic oxidation sites excluding steroid dienone is 2. The fourth-order valence-electron chi connectivity index (χ4n) is 6.23. The van der Waals surface area contributed by atoms with E-state index in [-0.39, 0.29) is 17.0 Å². The molecule has 1 atom stereocenters. The van der Waals surface area contributed by atoms with Crippen LogP contribution >= 0.6 is 0 Å². The van der Waals surface area contributed by atoms with Crippen molar-refractivity contribution in [2.45, 2.75) is 194 Å². The van der Waals surface area contributed by atoms with Crippen molar-refractivity contribution in [3.63, 3.8) is 0 Å². The molecule has 0 bridgehead atoms. The number of unbranched alkanes of at least 4 members (excludes halogenated alkanes) is 23. The molecule has 0 aromatic heterocycles. The van der Waals surface area contributed by atoms with Gasteiger partial charge in [0.15, 0.2) is 0 Å². The van der Waals surface area contributed by atoms with Crippen molar-refractivity contribution in [3.8, 4) is 0 Å². The average Bonchev–Trinajstić information content (AvgIpc) is 3.07. The first kappa shape index (κ1) is 42.6. The Hall–Kier alpha value is -2.43. The van der Waals surface area contributed by atoms with Gasteiger partial charge in [-0.3, -0.25) is 4.79 Å². The molecule has 1 rings (SSSR count). The van der Waals surface area contributed by atoms with Gasteiger partial charge in [-0.2, -0.15) is 0 Å². The lowest BCUT2D eigenvalue weighted by Crippen LogP contribution is -2.22. The van der Waals surface area contributed by atoms with Crippen LogP contribution in [0.1, 0.15) is 214 Å². The van der Waals surface area contributed by atoms with E-state index in [1.807, 2.05) is 0 Å². The van der Waals surface area contributed by atoms with Crippen molar-refractivity contribution in [1.82, 2.24) is 0 Å². The van der Waals surface area contributed by atoms with Gasteiger partial charge in [-0.1, -0.05) is 167 Å². The van der Waals surface area contributed by atoms with Gasteiger partial charge < -0.3 is 9.84 Å². The van der Waals surface area contributed by atoms with E-state index in [2.05, 4.69) is 26.0 Å². The van der Waals surface area contributed by atoms with E-state index in [0.29, 0.717) is 0 Å². The Balaban J connectivity index is 2.34. The smallest absolute Gasteiger partial charge is 0.345 e. The number of esters is 2. The molecule has 0 saturated carbocycles. The number of carbonyl (C=O) groups is 3. The molecule has 5 nitrogen and oxygen atoms in total. The summed E-state index contributed by atoms with van der Waals surface area (Å²) in [5.74, 6) is -2.47. The van der Waals surface area contributed by atoms with Crippen LogP contribution in [0.25, 0.3) is 0 Å². The third-order valence-corrected chi connectivity index (χ3v) is 9.36. The van der Waals surface area contributed by atoms with Crippen LogP contribution in [-0.4, -0.2) is 23.0 Å². The normalized spacial score (nSPS) is 12.0. The average molecular weight is 655 g/mol. The van der Waals surface area contributed by atoms with Gasteiger partial charge >= 0.3 is 17.9 Å². The molecular formula is C42H70O5. The number of benzene rings is 1. The first-order valence-corrected chi connectivity index (χ1v) is 19.7. The van der Waals surface area contributed by atoms with E-state index in [1.165, 1.54) is 153 Å². The van der Waals surface area contributed by atoms with Crippen LogP contribution in [-0.2, 0) is 9.53 Å². The second-order valence-corrected chi connectivity index (χ2v) is 13.7. The molecule has 1 unspecified atom stereocenters. The molecule has 0 heterocycles. The lowest BCUT2D eigenvalue weighted by Gasteiger charge is -2.15. The molecular weight excluding hydrogens is 584 g/mol. The molecule has 1 N–H and O–H groups in total. The number of carboxylic acids is 1. The molecule has 0 radical (unpaired) electrons. The summed E-state index contributed by atoms with van der Waals surface area (Å²) in [7, 11) is 0. The van der Waals surface area contributed by atoms with Gasteiger partial charge in [0.25, 0.3) is 0 Å². The molecule has 1 aromatic carbocycles. The topological polar surface area (TPSA) is 80.7 Å². The maximum Gasteiger partial charge on any atom is 0.345 e. The minimum Gasteiger partial charge on any atom is -0.478 e. The zero-order chi connectivity index (χ0) is 34.2. The summed E-state index contributed by atoms with van der Waals surface area (Å²) in [5.41, 5.74) is 0.292. The lowest BCUT2D eigenvalue weighted by molar-refractivity contribution is -0.143. The molecule has 47 heavy (non-hydrogen) atoms. The Morgan fingerprint density at radius 3 is 1.26 bits per heavy atom. The van der Waals surface area contributed by atoms with Crippen molar-refractivity contribution in [3.05, 3.63) is 47.5 Å². The highest BCUT2D eigenvalue weighted by molar-refractivity contribution is 5.98. The Labute approximate surface area is 288 Å². The third kappa shape index (κ3) is 24.4. The maximum atomic E-state index is 13.1. The number of carbonyl (C=O) groups excluding carboxylic acids is 2. The molecule has 0 aliphatic carbocycles. The minimum atomic E-state index is -1.06. The van der Waals surface area contributed by atoms with E-state index < -0.39 is 17.9 Å². The Morgan fingerprint density at radius 1 is 0.532 bits per heavy atom. The van der Waals surface area contributed by atoms with Gasteiger partial charge in [-0.15, -0.1) is 0 Å². The van der Waals surface area contributed by atoms with Crippen LogP contribution in [0.15, 0.2) is 36.4 Å². The predicted molar refractivity (Wildman–Crippen MR) is 197 cm³/mol. The molecule has 0 spiro atoms. The third-order valence-electron chi connectivity index (χ3n) is 9.36. The first-order valence-electron chi connectivity index (χ1n) is 19.7. The van der Waals surface area contributed by atoms with Crippen LogP contribution in [0, 0.1) is 5.92 Å². The summed E-state index contributed by atoms with van der Waals surface area (Å²) in [4.78, 5) is 36.9. The summed E-state index contributed by atoms with van der Waals surface area (Å²) in [6.07, 6.45) is 39.0. The standard InChI is InChI=1S/C42H70O5/c1-3-5-7-9-11-13-15-17-19-21-23-25-27-29-31-38(41(45)47-42(46)39-35-33-37(34-36-39)40(43)44)32-30-28-26-24-22-20-18-16-14-12-10-8-6-4-2/h17,19,33-36,38H,3-16,18,20-32H2,1-2H3,(H,43,44). The van der Waals surface area contributed by atoms with Gasteiger partial charge in [0, 0.05) is 0 Å². The zero-order valence-corrected chi connectivity index (χ0v) is 30.4. The molecule has 0 aliphatic rings. The van der Waals surface area contributed by atoms with E-state index >= 15 is 0 Å². The summed E-state index contributed by atoms with van der Waals surface area (Å²) in [6, 6.07) is 5.53.